The number of fused-ring (bicyclic) bond motifs is 1. The van der Waals surface area contributed by atoms with Crippen molar-refractivity contribution in [1.82, 2.24) is 0 Å². The first-order valence-electron chi connectivity index (χ1n) is 7.16. The zero-order chi connectivity index (χ0) is 14.8. The fourth-order valence-electron chi connectivity index (χ4n) is 3.02. The SMILES string of the molecule is O=C(O)[C@H]1CCCC[C@H]1C(=O)Nc1ccc2sccc2c1. The van der Waals surface area contributed by atoms with Crippen LogP contribution in [-0.2, 0) is 9.59 Å². The molecule has 0 radical (unpaired) electrons. The topological polar surface area (TPSA) is 66.4 Å². The zero-order valence-corrected chi connectivity index (χ0v) is 12.4. The van der Waals surface area contributed by atoms with Crippen molar-refractivity contribution < 1.29 is 14.7 Å². The van der Waals surface area contributed by atoms with E-state index in [2.05, 4.69) is 5.32 Å². The maximum absolute atomic E-state index is 12.4. The third-order valence-corrected chi connectivity index (χ3v) is 5.04. The molecule has 4 nitrogen and oxygen atoms in total. The summed E-state index contributed by atoms with van der Waals surface area (Å²) in [7, 11) is 0. The van der Waals surface area contributed by atoms with Crippen LogP contribution in [0, 0.1) is 11.8 Å². The molecule has 1 aromatic carbocycles. The molecule has 5 heteroatoms. The lowest BCUT2D eigenvalue weighted by Crippen LogP contribution is -2.36. The maximum atomic E-state index is 12.4. The summed E-state index contributed by atoms with van der Waals surface area (Å²) in [5.41, 5.74) is 0.737. The van der Waals surface area contributed by atoms with Gasteiger partial charge in [-0.05, 0) is 47.9 Å². The average Bonchev–Trinajstić information content (AvgIpc) is 2.94. The van der Waals surface area contributed by atoms with Gasteiger partial charge in [0.1, 0.15) is 0 Å². The molecule has 1 saturated carbocycles. The smallest absolute Gasteiger partial charge is 0.307 e. The van der Waals surface area contributed by atoms with Crippen LogP contribution in [0.5, 0.6) is 0 Å². The van der Waals surface area contributed by atoms with Crippen molar-refractivity contribution in [2.24, 2.45) is 11.8 Å². The number of hydrogen-bond donors (Lipinski definition) is 2. The quantitative estimate of drug-likeness (QED) is 0.908. The van der Waals surface area contributed by atoms with Gasteiger partial charge in [0.2, 0.25) is 5.91 Å². The molecule has 0 spiro atoms. The Kier molecular flexibility index (Phi) is 3.92. The fraction of sp³-hybridized carbons (Fsp3) is 0.375. The van der Waals surface area contributed by atoms with Gasteiger partial charge < -0.3 is 10.4 Å². The predicted molar refractivity (Wildman–Crippen MR) is 83.5 cm³/mol. The van der Waals surface area contributed by atoms with Gasteiger partial charge in [0.25, 0.3) is 0 Å². The molecule has 1 fully saturated rings. The first-order chi connectivity index (χ1) is 10.1. The highest BCUT2D eigenvalue weighted by Crippen LogP contribution is 2.32. The van der Waals surface area contributed by atoms with Gasteiger partial charge in [-0.2, -0.15) is 0 Å². The van der Waals surface area contributed by atoms with E-state index in [1.807, 2.05) is 29.6 Å². The Morgan fingerprint density at radius 3 is 2.67 bits per heavy atom. The number of aliphatic carboxylic acids is 1. The molecular weight excluding hydrogens is 286 g/mol. The minimum Gasteiger partial charge on any atom is -0.481 e. The van der Waals surface area contributed by atoms with Crippen LogP contribution in [0.1, 0.15) is 25.7 Å². The predicted octanol–water partition coefficient (Wildman–Crippen LogP) is 3.73. The second kappa shape index (κ2) is 5.85. The molecule has 1 amide bonds. The summed E-state index contributed by atoms with van der Waals surface area (Å²) in [4.78, 5) is 23.7. The number of carboxylic acid groups (broad SMARTS) is 1. The van der Waals surface area contributed by atoms with Gasteiger partial charge >= 0.3 is 5.97 Å². The van der Waals surface area contributed by atoms with Crippen molar-refractivity contribution >= 4 is 39.0 Å². The lowest BCUT2D eigenvalue weighted by Gasteiger charge is -2.27. The third kappa shape index (κ3) is 2.93. The summed E-state index contributed by atoms with van der Waals surface area (Å²) in [6.45, 7) is 0. The monoisotopic (exact) mass is 303 g/mol. The van der Waals surface area contributed by atoms with Crippen molar-refractivity contribution in [2.45, 2.75) is 25.7 Å². The van der Waals surface area contributed by atoms with E-state index < -0.39 is 17.8 Å². The first-order valence-corrected chi connectivity index (χ1v) is 8.04. The summed E-state index contributed by atoms with van der Waals surface area (Å²) < 4.78 is 1.18. The summed E-state index contributed by atoms with van der Waals surface area (Å²) in [5.74, 6) is -2.00. The molecule has 21 heavy (non-hydrogen) atoms. The summed E-state index contributed by atoms with van der Waals surface area (Å²) in [6, 6.07) is 7.79. The molecule has 1 aliphatic carbocycles. The molecule has 0 saturated heterocycles. The van der Waals surface area contributed by atoms with Crippen molar-refractivity contribution in [3.05, 3.63) is 29.6 Å². The third-order valence-electron chi connectivity index (χ3n) is 4.14. The highest BCUT2D eigenvalue weighted by Gasteiger charge is 2.35. The van der Waals surface area contributed by atoms with Gasteiger partial charge in [0.15, 0.2) is 0 Å². The Morgan fingerprint density at radius 2 is 1.90 bits per heavy atom. The van der Waals surface area contributed by atoms with Crippen molar-refractivity contribution in [3.63, 3.8) is 0 Å². The second-order valence-electron chi connectivity index (χ2n) is 5.50. The maximum Gasteiger partial charge on any atom is 0.307 e. The van der Waals surface area contributed by atoms with Gasteiger partial charge in [-0.1, -0.05) is 12.8 Å². The number of anilines is 1. The van der Waals surface area contributed by atoms with Gasteiger partial charge in [-0.15, -0.1) is 11.3 Å². The molecule has 1 aromatic heterocycles. The molecule has 0 aliphatic heterocycles. The lowest BCUT2D eigenvalue weighted by atomic mass is 9.78. The van der Waals surface area contributed by atoms with E-state index in [0.29, 0.717) is 12.8 Å². The number of carbonyl (C=O) groups excluding carboxylic acids is 1. The normalized spacial score (nSPS) is 22.1. The Hall–Kier alpha value is -1.88. The number of carbonyl (C=O) groups is 2. The number of nitrogens with one attached hydrogen (secondary N) is 1. The minimum absolute atomic E-state index is 0.170. The van der Waals surface area contributed by atoms with Crippen LogP contribution in [-0.4, -0.2) is 17.0 Å². The van der Waals surface area contributed by atoms with E-state index in [1.54, 1.807) is 11.3 Å². The Morgan fingerprint density at radius 1 is 1.14 bits per heavy atom. The van der Waals surface area contributed by atoms with Crippen LogP contribution < -0.4 is 5.32 Å². The molecule has 1 heterocycles. The standard InChI is InChI=1S/C16H17NO3S/c18-15(12-3-1-2-4-13(12)16(19)20)17-11-5-6-14-10(9-11)7-8-21-14/h5-9,12-13H,1-4H2,(H,17,18)(H,19,20)/t12-,13+/m1/s1. The zero-order valence-electron chi connectivity index (χ0n) is 11.5. The molecule has 1 aliphatic rings. The highest BCUT2D eigenvalue weighted by molar-refractivity contribution is 7.17. The number of rotatable bonds is 3. The first kappa shape index (κ1) is 14.1. The molecular formula is C16H17NO3S. The second-order valence-corrected chi connectivity index (χ2v) is 6.45. The minimum atomic E-state index is -0.858. The number of amides is 1. The van der Waals surface area contributed by atoms with Gasteiger partial charge in [-0.25, -0.2) is 0 Å². The van der Waals surface area contributed by atoms with Gasteiger partial charge in [-0.3, -0.25) is 9.59 Å². The number of thiophene rings is 1. The average molecular weight is 303 g/mol. The Balaban J connectivity index is 1.76. The van der Waals surface area contributed by atoms with Crippen molar-refractivity contribution in [2.75, 3.05) is 5.32 Å². The van der Waals surface area contributed by atoms with Crippen LogP contribution in [0.4, 0.5) is 5.69 Å². The van der Waals surface area contributed by atoms with E-state index in [0.717, 1.165) is 23.9 Å². The Bertz CT molecular complexity index is 679. The van der Waals surface area contributed by atoms with E-state index in [4.69, 9.17) is 0 Å². The van der Waals surface area contributed by atoms with E-state index in [1.165, 1.54) is 4.70 Å². The number of carboxylic acids is 1. The van der Waals surface area contributed by atoms with Crippen LogP contribution in [0.3, 0.4) is 0 Å². The summed E-state index contributed by atoms with van der Waals surface area (Å²) in [5, 5.41) is 15.2. The van der Waals surface area contributed by atoms with Gasteiger partial charge in [0.05, 0.1) is 11.8 Å². The molecule has 2 atom stereocenters. The van der Waals surface area contributed by atoms with Crippen molar-refractivity contribution in [1.29, 1.82) is 0 Å². The molecule has 2 N–H and O–H groups in total. The fourth-order valence-corrected chi connectivity index (χ4v) is 3.79. The Labute approximate surface area is 126 Å². The number of hydrogen-bond acceptors (Lipinski definition) is 3. The molecule has 0 unspecified atom stereocenters. The van der Waals surface area contributed by atoms with Crippen LogP contribution in [0.25, 0.3) is 10.1 Å². The summed E-state index contributed by atoms with van der Waals surface area (Å²) >= 11 is 1.66. The van der Waals surface area contributed by atoms with E-state index in [-0.39, 0.29) is 5.91 Å². The number of benzene rings is 1. The van der Waals surface area contributed by atoms with Crippen LogP contribution >= 0.6 is 11.3 Å². The summed E-state index contributed by atoms with van der Waals surface area (Å²) in [6.07, 6.45) is 3.06. The largest absolute Gasteiger partial charge is 0.481 e. The van der Waals surface area contributed by atoms with E-state index >= 15 is 0 Å². The lowest BCUT2D eigenvalue weighted by molar-refractivity contribution is -0.147. The highest BCUT2D eigenvalue weighted by atomic mass is 32.1. The van der Waals surface area contributed by atoms with Gasteiger partial charge in [0, 0.05) is 10.4 Å². The van der Waals surface area contributed by atoms with Crippen LogP contribution in [0.15, 0.2) is 29.6 Å². The molecule has 110 valence electrons. The van der Waals surface area contributed by atoms with E-state index in [9.17, 15) is 14.7 Å². The molecule has 2 aromatic rings. The molecule has 0 bridgehead atoms. The molecule has 3 rings (SSSR count). The van der Waals surface area contributed by atoms with Crippen LogP contribution in [0.2, 0.25) is 0 Å². The van der Waals surface area contributed by atoms with Crippen molar-refractivity contribution in [3.8, 4) is 0 Å².